The zero-order valence-corrected chi connectivity index (χ0v) is 20.3. The van der Waals surface area contributed by atoms with E-state index in [1.54, 1.807) is 0 Å². The van der Waals surface area contributed by atoms with Crippen molar-refractivity contribution in [3.8, 4) is 11.5 Å². The number of halogens is 3. The van der Waals surface area contributed by atoms with E-state index in [2.05, 4.69) is 4.90 Å². The second-order valence-electron chi connectivity index (χ2n) is 9.35. The molecular formula is C28H26F3N3O2. The monoisotopic (exact) mass is 493 g/mol. The van der Waals surface area contributed by atoms with Crippen LogP contribution in [0.5, 0.6) is 11.5 Å². The van der Waals surface area contributed by atoms with Crippen molar-refractivity contribution in [1.82, 2.24) is 9.80 Å². The third-order valence-corrected chi connectivity index (χ3v) is 6.59. The number of fused-ring (bicyclic) bond motifs is 2. The Morgan fingerprint density at radius 1 is 0.972 bits per heavy atom. The predicted octanol–water partition coefficient (Wildman–Crippen LogP) is 6.35. The van der Waals surface area contributed by atoms with E-state index in [9.17, 15) is 18.0 Å². The number of aryl methyl sites for hydroxylation is 2. The van der Waals surface area contributed by atoms with Crippen molar-refractivity contribution in [2.24, 2.45) is 4.99 Å². The van der Waals surface area contributed by atoms with Crippen LogP contribution in [-0.2, 0) is 6.18 Å². The molecule has 0 saturated carbocycles. The molecule has 0 bridgehead atoms. The minimum atomic E-state index is -4.60. The van der Waals surface area contributed by atoms with Crippen molar-refractivity contribution in [1.29, 1.82) is 0 Å². The molecule has 5 rings (SSSR count). The highest BCUT2D eigenvalue weighted by atomic mass is 19.4. The Bertz CT molecular complexity index is 1370. The van der Waals surface area contributed by atoms with Gasteiger partial charge in [-0.1, -0.05) is 29.8 Å². The van der Waals surface area contributed by atoms with E-state index in [-0.39, 0.29) is 18.2 Å². The van der Waals surface area contributed by atoms with Crippen LogP contribution in [0.4, 0.5) is 18.9 Å². The summed E-state index contributed by atoms with van der Waals surface area (Å²) in [4.78, 5) is 21.8. The molecule has 1 atom stereocenters. The lowest BCUT2D eigenvalue weighted by Crippen LogP contribution is -2.55. The van der Waals surface area contributed by atoms with Crippen LogP contribution in [-0.4, -0.2) is 47.2 Å². The minimum Gasteiger partial charge on any atom is -0.454 e. The van der Waals surface area contributed by atoms with Crippen molar-refractivity contribution in [2.75, 3.05) is 19.6 Å². The van der Waals surface area contributed by atoms with E-state index in [0.29, 0.717) is 30.3 Å². The number of rotatable bonds is 1. The normalized spacial score (nSPS) is 17.5. The Labute approximate surface area is 207 Å². The van der Waals surface area contributed by atoms with Gasteiger partial charge in [-0.2, -0.15) is 13.2 Å². The van der Waals surface area contributed by atoms with Gasteiger partial charge in [-0.15, -0.1) is 0 Å². The summed E-state index contributed by atoms with van der Waals surface area (Å²) in [5.74, 6) is 1.47. The maximum atomic E-state index is 13.5. The molecule has 5 nitrogen and oxygen atoms in total. The molecule has 0 spiro atoms. The summed E-state index contributed by atoms with van der Waals surface area (Å²) >= 11 is 0. The largest absolute Gasteiger partial charge is 0.454 e. The first-order valence-corrected chi connectivity index (χ1v) is 11.8. The third-order valence-electron chi connectivity index (χ3n) is 6.59. The van der Waals surface area contributed by atoms with Gasteiger partial charge in [0.2, 0.25) is 0 Å². The molecule has 2 heterocycles. The Morgan fingerprint density at radius 2 is 1.69 bits per heavy atom. The average molecular weight is 494 g/mol. The number of carbonyl (C=O) groups excluding carboxylic acids is 1. The fraction of sp³-hybridized carbons (Fsp3) is 0.286. The lowest BCUT2D eigenvalue weighted by molar-refractivity contribution is -0.138. The first-order valence-electron chi connectivity index (χ1n) is 11.8. The summed E-state index contributed by atoms with van der Waals surface area (Å²) < 4.78 is 46.8. The Kier molecular flexibility index (Phi) is 5.98. The first kappa shape index (κ1) is 23.9. The van der Waals surface area contributed by atoms with E-state index in [4.69, 9.17) is 9.73 Å². The number of hydrogen-bond donors (Lipinski definition) is 0. The molecule has 36 heavy (non-hydrogen) atoms. The molecule has 0 aromatic heterocycles. The summed E-state index contributed by atoms with van der Waals surface area (Å²) in [5, 5.41) is 0. The molecule has 0 N–H and O–H groups in total. The Morgan fingerprint density at radius 3 is 2.44 bits per heavy atom. The van der Waals surface area contributed by atoms with Crippen molar-refractivity contribution in [3.63, 3.8) is 0 Å². The van der Waals surface area contributed by atoms with Crippen LogP contribution in [0.15, 0.2) is 65.7 Å². The van der Waals surface area contributed by atoms with Gasteiger partial charge in [-0.3, -0.25) is 4.79 Å². The summed E-state index contributed by atoms with van der Waals surface area (Å²) in [7, 11) is 0. The van der Waals surface area contributed by atoms with Gasteiger partial charge in [0.15, 0.2) is 5.75 Å². The SMILES string of the molecule is Cc1ccc2c(c1)Oc1ccc(C)cc1C(N1CCN(C(=O)c3ccccc3C(F)(F)F)[C@H](C)C1)=N2. The van der Waals surface area contributed by atoms with Gasteiger partial charge in [-0.05, 0) is 62.7 Å². The van der Waals surface area contributed by atoms with E-state index in [0.717, 1.165) is 28.6 Å². The summed E-state index contributed by atoms with van der Waals surface area (Å²) in [6.45, 7) is 6.96. The highest BCUT2D eigenvalue weighted by Crippen LogP contribution is 2.39. The number of alkyl halides is 3. The molecule has 0 unspecified atom stereocenters. The quantitative estimate of drug-likeness (QED) is 0.397. The molecule has 1 amide bonds. The second-order valence-corrected chi connectivity index (χ2v) is 9.35. The molecule has 0 aliphatic carbocycles. The molecule has 3 aromatic carbocycles. The van der Waals surface area contributed by atoms with Crippen molar-refractivity contribution < 1.29 is 22.7 Å². The lowest BCUT2D eigenvalue weighted by Gasteiger charge is -2.41. The van der Waals surface area contributed by atoms with Crippen LogP contribution in [0, 0.1) is 13.8 Å². The van der Waals surface area contributed by atoms with E-state index < -0.39 is 17.6 Å². The maximum Gasteiger partial charge on any atom is 0.417 e. The number of benzene rings is 3. The van der Waals surface area contributed by atoms with Crippen molar-refractivity contribution in [3.05, 3.63) is 88.5 Å². The van der Waals surface area contributed by atoms with E-state index in [1.165, 1.54) is 23.1 Å². The minimum absolute atomic E-state index is 0.272. The number of hydrogen-bond acceptors (Lipinski definition) is 4. The Balaban J connectivity index is 1.46. The van der Waals surface area contributed by atoms with Crippen LogP contribution in [0.25, 0.3) is 0 Å². The molecule has 2 aliphatic rings. The number of piperazine rings is 1. The smallest absolute Gasteiger partial charge is 0.417 e. The molecule has 1 fully saturated rings. The van der Waals surface area contributed by atoms with Crippen molar-refractivity contribution in [2.45, 2.75) is 33.0 Å². The third kappa shape index (κ3) is 4.43. The summed E-state index contributed by atoms with van der Waals surface area (Å²) in [6, 6.07) is 16.4. The standard InChI is InChI=1S/C28H26F3N3O2/c1-17-9-11-24-21(14-17)26(32-23-10-8-18(2)15-25(23)36-24)33-12-13-34(19(3)16-33)27(35)20-6-4-5-7-22(20)28(29,30)31/h4-11,14-15,19H,12-13,16H2,1-3H3/t19-/m1/s1. The number of amides is 1. The van der Waals surface area contributed by atoms with Gasteiger partial charge in [0, 0.05) is 25.7 Å². The van der Waals surface area contributed by atoms with Gasteiger partial charge >= 0.3 is 6.18 Å². The zero-order chi connectivity index (χ0) is 25.6. The van der Waals surface area contributed by atoms with Gasteiger partial charge in [0.1, 0.15) is 17.3 Å². The number of carbonyl (C=O) groups is 1. The number of nitrogens with zero attached hydrogens (tertiary/aromatic N) is 3. The van der Waals surface area contributed by atoms with Crippen LogP contribution >= 0.6 is 0 Å². The topological polar surface area (TPSA) is 45.1 Å². The van der Waals surface area contributed by atoms with Gasteiger partial charge in [0.05, 0.1) is 16.7 Å². The van der Waals surface area contributed by atoms with Crippen LogP contribution in [0.1, 0.15) is 39.5 Å². The summed E-state index contributed by atoms with van der Waals surface area (Å²) in [6.07, 6.45) is -4.60. The van der Waals surface area contributed by atoms with Crippen molar-refractivity contribution >= 4 is 17.4 Å². The van der Waals surface area contributed by atoms with Gasteiger partial charge < -0.3 is 14.5 Å². The van der Waals surface area contributed by atoms with Crippen LogP contribution < -0.4 is 4.74 Å². The van der Waals surface area contributed by atoms with Crippen LogP contribution in [0.3, 0.4) is 0 Å². The molecule has 2 aliphatic heterocycles. The van der Waals surface area contributed by atoms with Gasteiger partial charge in [0.25, 0.3) is 5.91 Å². The molecule has 186 valence electrons. The maximum absolute atomic E-state index is 13.5. The highest BCUT2D eigenvalue weighted by molar-refractivity contribution is 6.04. The fourth-order valence-electron chi connectivity index (χ4n) is 4.76. The fourth-order valence-corrected chi connectivity index (χ4v) is 4.76. The Hall–Kier alpha value is -3.81. The van der Waals surface area contributed by atoms with Crippen LogP contribution in [0.2, 0.25) is 0 Å². The number of ether oxygens (including phenoxy) is 1. The zero-order valence-electron chi connectivity index (χ0n) is 20.3. The molecule has 0 radical (unpaired) electrons. The lowest BCUT2D eigenvalue weighted by atomic mass is 10.0. The number of aliphatic imine (C=N–C) groups is 1. The van der Waals surface area contributed by atoms with E-state index >= 15 is 0 Å². The van der Waals surface area contributed by atoms with E-state index in [1.807, 2.05) is 57.2 Å². The number of amidine groups is 1. The molecular weight excluding hydrogens is 467 g/mol. The second kappa shape index (κ2) is 9.00. The highest BCUT2D eigenvalue weighted by Gasteiger charge is 2.38. The summed E-state index contributed by atoms with van der Waals surface area (Å²) in [5.41, 5.74) is 2.42. The molecule has 8 heteroatoms. The first-order chi connectivity index (χ1) is 17.1. The van der Waals surface area contributed by atoms with Gasteiger partial charge in [-0.25, -0.2) is 4.99 Å². The predicted molar refractivity (Wildman–Crippen MR) is 132 cm³/mol. The average Bonchev–Trinajstić information content (AvgIpc) is 2.99. The molecule has 3 aromatic rings. The molecule has 1 saturated heterocycles.